The van der Waals surface area contributed by atoms with Gasteiger partial charge in [0.15, 0.2) is 0 Å². The maximum absolute atomic E-state index is 12.8. The molecular weight excluding hydrogens is 362 g/mol. The van der Waals surface area contributed by atoms with Crippen molar-refractivity contribution in [2.75, 3.05) is 13.1 Å². The molecule has 0 aliphatic heterocycles. The molecule has 0 bridgehead atoms. The Bertz CT molecular complexity index is 579. The zero-order chi connectivity index (χ0) is 16.6. The van der Waals surface area contributed by atoms with Gasteiger partial charge in [-0.25, -0.2) is 8.42 Å². The Morgan fingerprint density at radius 2 is 1.82 bits per heavy atom. The molecule has 1 aromatic carbocycles. The average Bonchev–Trinajstić information content (AvgIpc) is 2.50. The van der Waals surface area contributed by atoms with Crippen LogP contribution in [0.5, 0.6) is 0 Å². The zero-order valence-corrected chi connectivity index (χ0v) is 16.1. The van der Waals surface area contributed by atoms with Crippen LogP contribution < -0.4 is 0 Å². The van der Waals surface area contributed by atoms with Gasteiger partial charge in [0.1, 0.15) is 0 Å². The third-order valence-corrected chi connectivity index (χ3v) is 6.17. The highest BCUT2D eigenvalue weighted by atomic mass is 79.9. The second-order valence-corrected chi connectivity index (χ2v) is 8.06. The molecule has 0 saturated carbocycles. The van der Waals surface area contributed by atoms with Gasteiger partial charge in [-0.2, -0.15) is 4.31 Å². The summed E-state index contributed by atoms with van der Waals surface area (Å²) >= 11 is 3.29. The van der Waals surface area contributed by atoms with Crippen molar-refractivity contribution >= 4 is 26.0 Å². The van der Waals surface area contributed by atoms with Crippen LogP contribution >= 0.6 is 15.9 Å². The topological polar surface area (TPSA) is 37.4 Å². The van der Waals surface area contributed by atoms with E-state index < -0.39 is 10.0 Å². The largest absolute Gasteiger partial charge is 0.243 e. The second kappa shape index (κ2) is 9.48. The molecule has 0 saturated heterocycles. The molecule has 0 fully saturated rings. The molecular formula is C17H26BrNO2S. The van der Waals surface area contributed by atoms with Crippen LogP contribution in [-0.4, -0.2) is 25.8 Å². The number of hydrogen-bond acceptors (Lipinski definition) is 2. The second-order valence-electron chi connectivity index (χ2n) is 5.67. The average molecular weight is 388 g/mol. The number of rotatable bonds is 9. The highest BCUT2D eigenvalue weighted by Gasteiger charge is 2.24. The number of unbranched alkanes of at least 4 members (excludes halogenated alkanes) is 3. The fraction of sp³-hybridized carbons (Fsp3) is 0.529. The van der Waals surface area contributed by atoms with Gasteiger partial charge in [-0.15, -0.1) is 0 Å². The van der Waals surface area contributed by atoms with Crippen molar-refractivity contribution in [1.29, 1.82) is 0 Å². The monoisotopic (exact) mass is 387 g/mol. The van der Waals surface area contributed by atoms with Gasteiger partial charge >= 0.3 is 0 Å². The Labute approximate surface area is 143 Å². The number of aryl methyl sites for hydroxylation is 1. The standard InChI is InChI=1S/C17H26BrNO2S/c1-4-5-6-7-12-19(14-16(3)13-18)22(20,21)17-10-8-15(2)9-11-17/h8-11,13H,4-7,12,14H2,1-3H3/b16-13+. The summed E-state index contributed by atoms with van der Waals surface area (Å²) in [6, 6.07) is 7.07. The molecule has 0 aliphatic rings. The first-order chi connectivity index (χ1) is 10.4. The van der Waals surface area contributed by atoms with E-state index in [0.717, 1.165) is 36.8 Å². The van der Waals surface area contributed by atoms with E-state index in [9.17, 15) is 8.42 Å². The van der Waals surface area contributed by atoms with Gasteiger partial charge in [0.05, 0.1) is 4.90 Å². The van der Waals surface area contributed by atoms with Crippen molar-refractivity contribution in [2.24, 2.45) is 0 Å². The molecule has 0 aliphatic carbocycles. The van der Waals surface area contributed by atoms with Crippen molar-refractivity contribution in [2.45, 2.75) is 51.3 Å². The lowest BCUT2D eigenvalue weighted by Crippen LogP contribution is -2.33. The van der Waals surface area contributed by atoms with Crippen molar-refractivity contribution in [3.05, 3.63) is 40.4 Å². The van der Waals surface area contributed by atoms with Gasteiger partial charge in [0.2, 0.25) is 10.0 Å². The van der Waals surface area contributed by atoms with E-state index in [2.05, 4.69) is 22.9 Å². The smallest absolute Gasteiger partial charge is 0.207 e. The van der Waals surface area contributed by atoms with Crippen molar-refractivity contribution in [3.63, 3.8) is 0 Å². The maximum atomic E-state index is 12.8. The summed E-state index contributed by atoms with van der Waals surface area (Å²) in [5, 5.41) is 0. The summed E-state index contributed by atoms with van der Waals surface area (Å²) < 4.78 is 27.3. The molecule has 0 aromatic heterocycles. The molecule has 5 heteroatoms. The third kappa shape index (κ3) is 5.86. The van der Waals surface area contributed by atoms with E-state index in [-0.39, 0.29) is 0 Å². The van der Waals surface area contributed by atoms with E-state index in [1.165, 1.54) is 0 Å². The molecule has 1 aromatic rings. The van der Waals surface area contributed by atoms with E-state index in [1.807, 2.05) is 26.0 Å². The maximum Gasteiger partial charge on any atom is 0.243 e. The zero-order valence-electron chi connectivity index (χ0n) is 13.7. The normalized spacial score (nSPS) is 12.9. The highest BCUT2D eigenvalue weighted by molar-refractivity contribution is 9.11. The van der Waals surface area contributed by atoms with Crippen LogP contribution in [0.2, 0.25) is 0 Å². The molecule has 0 atom stereocenters. The molecule has 1 rings (SSSR count). The minimum Gasteiger partial charge on any atom is -0.207 e. The van der Waals surface area contributed by atoms with Crippen molar-refractivity contribution in [3.8, 4) is 0 Å². The lowest BCUT2D eigenvalue weighted by Gasteiger charge is -2.22. The van der Waals surface area contributed by atoms with Gasteiger partial charge in [0, 0.05) is 13.1 Å². The summed E-state index contributed by atoms with van der Waals surface area (Å²) in [4.78, 5) is 2.16. The van der Waals surface area contributed by atoms with Crippen LogP contribution in [0.15, 0.2) is 39.7 Å². The summed E-state index contributed by atoms with van der Waals surface area (Å²) in [5.74, 6) is 0. The summed E-state index contributed by atoms with van der Waals surface area (Å²) in [7, 11) is -3.44. The van der Waals surface area contributed by atoms with Gasteiger partial charge in [-0.05, 0) is 37.4 Å². The van der Waals surface area contributed by atoms with E-state index in [1.54, 1.807) is 21.4 Å². The highest BCUT2D eigenvalue weighted by Crippen LogP contribution is 2.19. The Kier molecular flexibility index (Phi) is 8.36. The molecule has 124 valence electrons. The SMILES string of the molecule is CCCCCCN(C/C(C)=C/Br)S(=O)(=O)c1ccc(C)cc1. The van der Waals surface area contributed by atoms with E-state index in [4.69, 9.17) is 0 Å². The molecule has 22 heavy (non-hydrogen) atoms. The van der Waals surface area contributed by atoms with Gasteiger partial charge in [-0.1, -0.05) is 65.4 Å². The Morgan fingerprint density at radius 1 is 1.18 bits per heavy atom. The Balaban J connectivity index is 2.94. The van der Waals surface area contributed by atoms with Crippen LogP contribution in [-0.2, 0) is 10.0 Å². The third-order valence-electron chi connectivity index (χ3n) is 3.53. The van der Waals surface area contributed by atoms with Crippen LogP contribution in [0.25, 0.3) is 0 Å². The van der Waals surface area contributed by atoms with Crippen LogP contribution in [0.1, 0.15) is 45.1 Å². The molecule has 0 amide bonds. The summed E-state index contributed by atoms with van der Waals surface area (Å²) in [6.45, 7) is 7.02. The number of benzene rings is 1. The first-order valence-corrected chi connectivity index (χ1v) is 10.1. The minimum atomic E-state index is -3.44. The number of hydrogen-bond donors (Lipinski definition) is 0. The fourth-order valence-corrected chi connectivity index (χ4v) is 3.84. The van der Waals surface area contributed by atoms with Gasteiger partial charge < -0.3 is 0 Å². The number of halogens is 1. The number of sulfonamides is 1. The predicted molar refractivity (Wildman–Crippen MR) is 96.8 cm³/mol. The minimum absolute atomic E-state index is 0.371. The summed E-state index contributed by atoms with van der Waals surface area (Å²) in [5.41, 5.74) is 2.05. The Morgan fingerprint density at radius 3 is 2.36 bits per heavy atom. The molecule has 0 radical (unpaired) electrons. The fourth-order valence-electron chi connectivity index (χ4n) is 2.17. The van der Waals surface area contributed by atoms with E-state index in [0.29, 0.717) is 18.0 Å². The van der Waals surface area contributed by atoms with E-state index >= 15 is 0 Å². The lowest BCUT2D eigenvalue weighted by atomic mass is 10.2. The van der Waals surface area contributed by atoms with Crippen LogP contribution in [0.3, 0.4) is 0 Å². The molecule has 0 N–H and O–H groups in total. The van der Waals surface area contributed by atoms with Crippen molar-refractivity contribution < 1.29 is 8.42 Å². The predicted octanol–water partition coefficient (Wildman–Crippen LogP) is 4.86. The van der Waals surface area contributed by atoms with Crippen molar-refractivity contribution in [1.82, 2.24) is 4.31 Å². The van der Waals surface area contributed by atoms with Crippen LogP contribution in [0, 0.1) is 6.92 Å². The first-order valence-electron chi connectivity index (χ1n) is 7.74. The number of nitrogens with zero attached hydrogens (tertiary/aromatic N) is 1. The summed E-state index contributed by atoms with van der Waals surface area (Å²) in [6.07, 6.45) is 4.25. The van der Waals surface area contributed by atoms with Crippen LogP contribution in [0.4, 0.5) is 0 Å². The van der Waals surface area contributed by atoms with Gasteiger partial charge in [0.25, 0.3) is 0 Å². The molecule has 0 heterocycles. The molecule has 0 unspecified atom stereocenters. The lowest BCUT2D eigenvalue weighted by molar-refractivity contribution is 0.420. The molecule has 0 spiro atoms. The Hall–Kier alpha value is -0.650. The molecule has 3 nitrogen and oxygen atoms in total. The first kappa shape index (κ1) is 19.4. The quantitative estimate of drug-likeness (QED) is 0.567. The van der Waals surface area contributed by atoms with Gasteiger partial charge in [-0.3, -0.25) is 0 Å².